The zero-order valence-corrected chi connectivity index (χ0v) is 21.0. The predicted octanol–water partition coefficient (Wildman–Crippen LogP) is 2.54. The number of carbonyl (C=O) groups is 1. The van der Waals surface area contributed by atoms with Crippen LogP contribution in [0.5, 0.6) is 23.0 Å². The van der Waals surface area contributed by atoms with E-state index in [4.69, 9.17) is 23.7 Å². The van der Waals surface area contributed by atoms with Gasteiger partial charge >= 0.3 is 5.97 Å². The van der Waals surface area contributed by atoms with Crippen LogP contribution in [0.25, 0.3) is 6.08 Å². The molecule has 3 aromatic rings. The minimum atomic E-state index is -0.751. The highest BCUT2D eigenvalue weighted by Gasteiger charge is 2.34. The van der Waals surface area contributed by atoms with Gasteiger partial charge in [-0.05, 0) is 55.3 Å². The highest BCUT2D eigenvalue weighted by molar-refractivity contribution is 7.07. The van der Waals surface area contributed by atoms with E-state index in [1.54, 1.807) is 51.3 Å². The van der Waals surface area contributed by atoms with Gasteiger partial charge in [0.15, 0.2) is 27.8 Å². The van der Waals surface area contributed by atoms with Gasteiger partial charge in [0.25, 0.3) is 5.56 Å². The molecule has 0 amide bonds. The Labute approximate surface area is 210 Å². The smallest absolute Gasteiger partial charge is 0.338 e. The standard InChI is InChI=1S/C26H24N2O7S/c1-5-33-25(30)22-14(2)27-26-28(23(22)16-7-9-17(31-3)19(12-16)32-4)24(29)21(36-26)11-15-6-8-18-20(10-15)35-13-34-18/h6-12,23H,5,13H2,1-4H3/b21-11+. The van der Waals surface area contributed by atoms with E-state index in [0.717, 1.165) is 5.56 Å². The Hall–Kier alpha value is -4.05. The van der Waals surface area contributed by atoms with Gasteiger partial charge in [0.1, 0.15) is 0 Å². The number of allylic oxidation sites excluding steroid dienone is 1. The van der Waals surface area contributed by atoms with Crippen LogP contribution in [-0.2, 0) is 9.53 Å². The molecule has 186 valence electrons. The van der Waals surface area contributed by atoms with Gasteiger partial charge in [-0.15, -0.1) is 0 Å². The van der Waals surface area contributed by atoms with E-state index in [1.807, 2.05) is 12.1 Å². The first kappa shape index (κ1) is 23.7. The highest BCUT2D eigenvalue weighted by atomic mass is 32.1. The normalized spacial score (nSPS) is 16.4. The lowest BCUT2D eigenvalue weighted by Gasteiger charge is -2.25. The summed E-state index contributed by atoms with van der Waals surface area (Å²) in [4.78, 5) is 31.9. The van der Waals surface area contributed by atoms with Crippen LogP contribution in [0.2, 0.25) is 0 Å². The number of ether oxygens (including phenoxy) is 5. The Balaban J connectivity index is 1.70. The summed E-state index contributed by atoms with van der Waals surface area (Å²) in [5.41, 5.74) is 1.97. The molecule has 2 aliphatic heterocycles. The molecule has 2 aromatic carbocycles. The molecule has 0 radical (unpaired) electrons. The number of methoxy groups -OCH3 is 2. The van der Waals surface area contributed by atoms with Crippen molar-refractivity contribution in [3.05, 3.63) is 78.5 Å². The van der Waals surface area contributed by atoms with E-state index in [0.29, 0.717) is 49.2 Å². The third kappa shape index (κ3) is 4.03. The Bertz CT molecular complexity index is 1570. The summed E-state index contributed by atoms with van der Waals surface area (Å²) >= 11 is 1.25. The highest BCUT2D eigenvalue weighted by Crippen LogP contribution is 2.36. The maximum Gasteiger partial charge on any atom is 0.338 e. The van der Waals surface area contributed by atoms with Crippen LogP contribution in [0.4, 0.5) is 0 Å². The molecular weight excluding hydrogens is 484 g/mol. The second-order valence-corrected chi connectivity index (χ2v) is 9.04. The van der Waals surface area contributed by atoms with Crippen LogP contribution in [0.3, 0.4) is 0 Å². The lowest BCUT2D eigenvalue weighted by molar-refractivity contribution is -0.139. The number of benzene rings is 2. The van der Waals surface area contributed by atoms with E-state index in [9.17, 15) is 9.59 Å². The van der Waals surface area contributed by atoms with Crippen LogP contribution < -0.4 is 33.8 Å². The maximum atomic E-state index is 13.7. The van der Waals surface area contributed by atoms with Crippen molar-refractivity contribution in [3.63, 3.8) is 0 Å². The molecule has 0 aliphatic carbocycles. The van der Waals surface area contributed by atoms with Gasteiger partial charge in [-0.3, -0.25) is 9.36 Å². The first-order valence-electron chi connectivity index (χ1n) is 11.3. The SMILES string of the molecule is CCOC(=O)C1=C(C)N=c2s/c(=C/c3ccc4c(c3)OCO4)c(=O)n2C1c1ccc(OC)c(OC)c1. The van der Waals surface area contributed by atoms with E-state index >= 15 is 0 Å². The molecule has 0 saturated heterocycles. The van der Waals surface area contributed by atoms with Crippen LogP contribution in [-0.4, -0.2) is 38.2 Å². The van der Waals surface area contributed by atoms with Crippen LogP contribution in [0.15, 0.2) is 57.5 Å². The number of fused-ring (bicyclic) bond motifs is 2. The average Bonchev–Trinajstić information content (AvgIpc) is 3.46. The lowest BCUT2D eigenvalue weighted by Crippen LogP contribution is -2.39. The average molecular weight is 509 g/mol. The fourth-order valence-electron chi connectivity index (χ4n) is 4.28. The van der Waals surface area contributed by atoms with Crippen molar-refractivity contribution in [2.24, 2.45) is 4.99 Å². The number of nitrogens with zero attached hydrogens (tertiary/aromatic N) is 2. The summed E-state index contributed by atoms with van der Waals surface area (Å²) in [6, 6.07) is 10.0. The summed E-state index contributed by atoms with van der Waals surface area (Å²) in [5, 5.41) is 0. The Morgan fingerprint density at radius 2 is 1.92 bits per heavy atom. The lowest BCUT2D eigenvalue weighted by atomic mass is 9.95. The third-order valence-corrected chi connectivity index (χ3v) is 6.92. The minimum absolute atomic E-state index is 0.169. The topological polar surface area (TPSA) is 97.6 Å². The number of esters is 1. The van der Waals surface area contributed by atoms with E-state index < -0.39 is 12.0 Å². The summed E-state index contributed by atoms with van der Waals surface area (Å²) in [6.07, 6.45) is 1.78. The van der Waals surface area contributed by atoms with Gasteiger partial charge in [-0.25, -0.2) is 9.79 Å². The molecule has 2 aliphatic rings. The van der Waals surface area contributed by atoms with Gasteiger partial charge in [0.2, 0.25) is 6.79 Å². The summed E-state index contributed by atoms with van der Waals surface area (Å²) in [6.45, 7) is 3.85. The number of carbonyl (C=O) groups excluding carboxylic acids is 1. The number of hydrogen-bond donors (Lipinski definition) is 0. The predicted molar refractivity (Wildman–Crippen MR) is 133 cm³/mol. The van der Waals surface area contributed by atoms with Crippen molar-refractivity contribution in [1.29, 1.82) is 0 Å². The van der Waals surface area contributed by atoms with Crippen molar-refractivity contribution in [2.75, 3.05) is 27.6 Å². The molecule has 1 unspecified atom stereocenters. The molecule has 0 N–H and O–H groups in total. The van der Waals surface area contributed by atoms with Crippen LogP contribution in [0, 0.1) is 0 Å². The number of rotatable bonds is 6. The molecular formula is C26H24N2O7S. The molecule has 36 heavy (non-hydrogen) atoms. The minimum Gasteiger partial charge on any atom is -0.493 e. The molecule has 0 bridgehead atoms. The summed E-state index contributed by atoms with van der Waals surface area (Å²) in [5.74, 6) is 1.78. The number of thiazole rings is 1. The van der Waals surface area contributed by atoms with Crippen molar-refractivity contribution < 1.29 is 28.5 Å². The molecule has 1 aromatic heterocycles. The van der Waals surface area contributed by atoms with Crippen LogP contribution in [0.1, 0.15) is 31.0 Å². The van der Waals surface area contributed by atoms with Crippen molar-refractivity contribution in [1.82, 2.24) is 4.57 Å². The third-order valence-electron chi connectivity index (χ3n) is 5.93. The summed E-state index contributed by atoms with van der Waals surface area (Å²) in [7, 11) is 3.08. The van der Waals surface area contributed by atoms with Crippen molar-refractivity contribution in [2.45, 2.75) is 19.9 Å². The fourth-order valence-corrected chi connectivity index (χ4v) is 5.33. The molecule has 0 spiro atoms. The molecule has 5 rings (SSSR count). The fraction of sp³-hybridized carbons (Fsp3) is 0.269. The Morgan fingerprint density at radius 1 is 1.14 bits per heavy atom. The maximum absolute atomic E-state index is 13.7. The van der Waals surface area contributed by atoms with Gasteiger partial charge in [-0.1, -0.05) is 23.5 Å². The molecule has 1 atom stereocenters. The molecule has 3 heterocycles. The first-order chi connectivity index (χ1) is 17.4. The zero-order chi connectivity index (χ0) is 25.4. The first-order valence-corrected chi connectivity index (χ1v) is 12.1. The van der Waals surface area contributed by atoms with Gasteiger partial charge in [0.05, 0.1) is 42.7 Å². The van der Waals surface area contributed by atoms with Gasteiger partial charge in [-0.2, -0.15) is 0 Å². The van der Waals surface area contributed by atoms with Crippen molar-refractivity contribution in [3.8, 4) is 23.0 Å². The monoisotopic (exact) mass is 508 g/mol. The van der Waals surface area contributed by atoms with Gasteiger partial charge in [0, 0.05) is 0 Å². The van der Waals surface area contributed by atoms with Crippen LogP contribution >= 0.6 is 11.3 Å². The zero-order valence-electron chi connectivity index (χ0n) is 20.2. The number of aromatic nitrogens is 1. The Kier molecular flexibility index (Phi) is 6.27. The van der Waals surface area contributed by atoms with E-state index in [1.165, 1.54) is 23.0 Å². The van der Waals surface area contributed by atoms with E-state index in [-0.39, 0.29) is 19.0 Å². The van der Waals surface area contributed by atoms with Crippen molar-refractivity contribution >= 4 is 23.4 Å². The summed E-state index contributed by atoms with van der Waals surface area (Å²) < 4.78 is 29.0. The van der Waals surface area contributed by atoms with Gasteiger partial charge < -0.3 is 23.7 Å². The van der Waals surface area contributed by atoms with E-state index in [2.05, 4.69) is 4.99 Å². The second kappa shape index (κ2) is 9.54. The quantitative estimate of drug-likeness (QED) is 0.472. The molecule has 0 saturated carbocycles. The molecule has 9 nitrogen and oxygen atoms in total. The molecule has 10 heteroatoms. The molecule has 0 fully saturated rings. The Morgan fingerprint density at radius 3 is 2.67 bits per heavy atom. The second-order valence-electron chi connectivity index (χ2n) is 8.03. The number of hydrogen-bond acceptors (Lipinski definition) is 9. The largest absolute Gasteiger partial charge is 0.493 e.